The second kappa shape index (κ2) is 5.10. The van der Waals surface area contributed by atoms with Gasteiger partial charge in [0, 0.05) is 31.9 Å². The van der Waals surface area contributed by atoms with Gasteiger partial charge in [-0.2, -0.15) is 0 Å². The molecule has 1 aliphatic rings. The number of nitrogens with zero attached hydrogens (tertiary/aromatic N) is 2. The van der Waals surface area contributed by atoms with Crippen LogP contribution in [0.15, 0.2) is 12.3 Å². The summed E-state index contributed by atoms with van der Waals surface area (Å²) < 4.78 is 1.89. The van der Waals surface area contributed by atoms with Crippen LogP contribution in [0.25, 0.3) is 0 Å². The van der Waals surface area contributed by atoms with Crippen molar-refractivity contribution in [3.05, 3.63) is 23.0 Å². The lowest BCUT2D eigenvalue weighted by Crippen LogP contribution is -2.43. The summed E-state index contributed by atoms with van der Waals surface area (Å²) in [5.74, 6) is 0.0608. The van der Waals surface area contributed by atoms with Gasteiger partial charge in [0.2, 0.25) is 0 Å². The summed E-state index contributed by atoms with van der Waals surface area (Å²) in [6.07, 6.45) is 3.56. The molecule has 1 saturated heterocycles. The van der Waals surface area contributed by atoms with Crippen LogP contribution in [0.4, 0.5) is 0 Å². The molecule has 1 amide bonds. The molecule has 2 rings (SSSR count). The quantitative estimate of drug-likeness (QED) is 0.875. The molecule has 0 atom stereocenters. The Bertz CT molecular complexity index is 408. The number of carbonyl (C=O) groups is 1. The molecule has 0 saturated carbocycles. The fourth-order valence-electron chi connectivity index (χ4n) is 2.18. The number of nitrogens with two attached hydrogens (primary N) is 1. The molecule has 4 nitrogen and oxygen atoms in total. The minimum Gasteiger partial charge on any atom is -0.342 e. The molecule has 1 fully saturated rings. The average Bonchev–Trinajstić information content (AvgIpc) is 2.70. The molecule has 0 unspecified atom stereocenters. The molecule has 0 bridgehead atoms. The Morgan fingerprint density at radius 3 is 2.76 bits per heavy atom. The summed E-state index contributed by atoms with van der Waals surface area (Å²) in [6.45, 7) is 4.24. The SMILES string of the molecule is CCn1cc(Cl)cc1C(=O)N1CCC(N)CC1. The standard InChI is InChI=1S/C12H18ClN3O/c1-2-15-8-9(13)7-11(15)12(17)16-5-3-10(14)4-6-16/h7-8,10H,2-6,14H2,1H3. The second-order valence-corrected chi connectivity index (χ2v) is 4.90. The van der Waals surface area contributed by atoms with Crippen LogP contribution in [-0.2, 0) is 6.54 Å². The van der Waals surface area contributed by atoms with E-state index in [4.69, 9.17) is 17.3 Å². The number of halogens is 1. The number of carbonyl (C=O) groups excluding carboxylic acids is 1. The molecule has 1 aromatic heterocycles. The van der Waals surface area contributed by atoms with Gasteiger partial charge in [-0.15, -0.1) is 0 Å². The minimum absolute atomic E-state index is 0.0608. The lowest BCUT2D eigenvalue weighted by Gasteiger charge is -2.30. The van der Waals surface area contributed by atoms with Gasteiger partial charge in [0.15, 0.2) is 0 Å². The van der Waals surface area contributed by atoms with Gasteiger partial charge in [-0.1, -0.05) is 11.6 Å². The van der Waals surface area contributed by atoms with Crippen LogP contribution in [0, 0.1) is 0 Å². The predicted molar refractivity (Wildman–Crippen MR) is 68.2 cm³/mol. The summed E-state index contributed by atoms with van der Waals surface area (Å²) in [4.78, 5) is 14.2. The van der Waals surface area contributed by atoms with Crippen LogP contribution in [0.1, 0.15) is 30.3 Å². The molecule has 0 spiro atoms. The molecule has 1 aromatic rings. The van der Waals surface area contributed by atoms with Crippen LogP contribution in [-0.4, -0.2) is 34.5 Å². The number of piperidine rings is 1. The highest BCUT2D eigenvalue weighted by Gasteiger charge is 2.23. The molecule has 0 radical (unpaired) electrons. The highest BCUT2D eigenvalue weighted by molar-refractivity contribution is 6.31. The van der Waals surface area contributed by atoms with Crippen molar-refractivity contribution in [1.82, 2.24) is 9.47 Å². The Hall–Kier alpha value is -1.00. The fraction of sp³-hybridized carbons (Fsp3) is 0.583. The topological polar surface area (TPSA) is 51.3 Å². The third-order valence-electron chi connectivity index (χ3n) is 3.25. The van der Waals surface area contributed by atoms with Gasteiger partial charge in [-0.05, 0) is 25.8 Å². The molecule has 2 N–H and O–H groups in total. The van der Waals surface area contributed by atoms with Gasteiger partial charge in [0.05, 0.1) is 5.02 Å². The zero-order chi connectivity index (χ0) is 12.4. The molecule has 2 heterocycles. The Labute approximate surface area is 106 Å². The van der Waals surface area contributed by atoms with Crippen molar-refractivity contribution in [2.45, 2.75) is 32.4 Å². The van der Waals surface area contributed by atoms with Crippen LogP contribution in [0.5, 0.6) is 0 Å². The number of hydrogen-bond donors (Lipinski definition) is 1. The Morgan fingerprint density at radius 2 is 2.18 bits per heavy atom. The van der Waals surface area contributed by atoms with Crippen molar-refractivity contribution in [1.29, 1.82) is 0 Å². The van der Waals surface area contributed by atoms with E-state index in [1.165, 1.54) is 0 Å². The number of aryl methyl sites for hydroxylation is 1. The van der Waals surface area contributed by atoms with E-state index >= 15 is 0 Å². The number of amides is 1. The first-order valence-electron chi connectivity index (χ1n) is 6.02. The highest BCUT2D eigenvalue weighted by atomic mass is 35.5. The smallest absolute Gasteiger partial charge is 0.270 e. The third kappa shape index (κ3) is 2.64. The first-order valence-corrected chi connectivity index (χ1v) is 6.40. The largest absolute Gasteiger partial charge is 0.342 e. The van der Waals surface area contributed by atoms with E-state index in [-0.39, 0.29) is 11.9 Å². The van der Waals surface area contributed by atoms with Crippen LogP contribution < -0.4 is 5.73 Å². The minimum atomic E-state index is 0.0608. The Kier molecular flexibility index (Phi) is 3.74. The van der Waals surface area contributed by atoms with Gasteiger partial charge in [-0.25, -0.2) is 0 Å². The molecule has 17 heavy (non-hydrogen) atoms. The van der Waals surface area contributed by atoms with E-state index < -0.39 is 0 Å². The van der Waals surface area contributed by atoms with Crippen molar-refractivity contribution < 1.29 is 4.79 Å². The highest BCUT2D eigenvalue weighted by Crippen LogP contribution is 2.18. The summed E-state index contributed by atoms with van der Waals surface area (Å²) >= 11 is 5.94. The Balaban J connectivity index is 2.13. The number of rotatable bonds is 2. The first kappa shape index (κ1) is 12.5. The lowest BCUT2D eigenvalue weighted by molar-refractivity contribution is 0.0704. The molecule has 94 valence electrons. The van der Waals surface area contributed by atoms with Crippen LogP contribution in [0.3, 0.4) is 0 Å². The lowest BCUT2D eigenvalue weighted by atomic mass is 10.1. The Morgan fingerprint density at radius 1 is 1.53 bits per heavy atom. The van der Waals surface area contributed by atoms with E-state index in [1.54, 1.807) is 12.3 Å². The number of likely N-dealkylation sites (tertiary alicyclic amines) is 1. The molecular weight excluding hydrogens is 238 g/mol. The number of aromatic nitrogens is 1. The molecule has 5 heteroatoms. The van der Waals surface area contributed by atoms with Gasteiger partial charge >= 0.3 is 0 Å². The second-order valence-electron chi connectivity index (χ2n) is 4.46. The molecule has 0 aromatic carbocycles. The average molecular weight is 256 g/mol. The summed E-state index contributed by atoms with van der Waals surface area (Å²) in [6, 6.07) is 1.97. The van der Waals surface area contributed by atoms with Crippen molar-refractivity contribution in [3.63, 3.8) is 0 Å². The summed E-state index contributed by atoms with van der Waals surface area (Å²) in [5.41, 5.74) is 6.51. The van der Waals surface area contributed by atoms with Crippen LogP contribution in [0.2, 0.25) is 5.02 Å². The fourth-order valence-corrected chi connectivity index (χ4v) is 2.40. The monoisotopic (exact) mass is 255 g/mol. The molecule has 1 aliphatic heterocycles. The van der Waals surface area contributed by atoms with Gasteiger partial charge in [0.1, 0.15) is 5.69 Å². The van der Waals surface area contributed by atoms with E-state index in [2.05, 4.69) is 0 Å². The maximum Gasteiger partial charge on any atom is 0.270 e. The molecule has 0 aliphatic carbocycles. The zero-order valence-electron chi connectivity index (χ0n) is 10.0. The zero-order valence-corrected chi connectivity index (χ0v) is 10.8. The van der Waals surface area contributed by atoms with Crippen molar-refractivity contribution in [3.8, 4) is 0 Å². The molecular formula is C12H18ClN3O. The van der Waals surface area contributed by atoms with Gasteiger partial charge in [-0.3, -0.25) is 4.79 Å². The normalized spacial score (nSPS) is 17.5. The summed E-state index contributed by atoms with van der Waals surface area (Å²) in [5, 5.41) is 0.615. The number of hydrogen-bond acceptors (Lipinski definition) is 2. The van der Waals surface area contributed by atoms with Gasteiger partial charge < -0.3 is 15.2 Å². The van der Waals surface area contributed by atoms with E-state index in [0.717, 1.165) is 32.5 Å². The predicted octanol–water partition coefficient (Wildman–Crippen LogP) is 1.72. The van der Waals surface area contributed by atoms with Crippen molar-refractivity contribution >= 4 is 17.5 Å². The van der Waals surface area contributed by atoms with E-state index in [9.17, 15) is 4.79 Å². The van der Waals surface area contributed by atoms with Crippen molar-refractivity contribution in [2.75, 3.05) is 13.1 Å². The summed E-state index contributed by atoms with van der Waals surface area (Å²) in [7, 11) is 0. The van der Waals surface area contributed by atoms with Crippen molar-refractivity contribution in [2.24, 2.45) is 5.73 Å². The third-order valence-corrected chi connectivity index (χ3v) is 3.46. The van der Waals surface area contributed by atoms with E-state index in [0.29, 0.717) is 10.7 Å². The maximum absolute atomic E-state index is 12.3. The maximum atomic E-state index is 12.3. The first-order chi connectivity index (χ1) is 8.11. The van der Waals surface area contributed by atoms with Gasteiger partial charge in [0.25, 0.3) is 5.91 Å². The van der Waals surface area contributed by atoms with Crippen LogP contribution >= 0.6 is 11.6 Å². The van der Waals surface area contributed by atoms with E-state index in [1.807, 2.05) is 16.4 Å².